The zero-order valence-corrected chi connectivity index (χ0v) is 17.4. The van der Waals surface area contributed by atoms with Gasteiger partial charge in [0.15, 0.2) is 0 Å². The van der Waals surface area contributed by atoms with Crippen molar-refractivity contribution in [3.8, 4) is 0 Å². The molecule has 0 aliphatic carbocycles. The quantitative estimate of drug-likeness (QED) is 0.388. The molecule has 0 saturated heterocycles. The molecule has 0 radical (unpaired) electrons. The van der Waals surface area contributed by atoms with E-state index in [0.29, 0.717) is 18.9 Å². The van der Waals surface area contributed by atoms with Gasteiger partial charge in [-0.3, -0.25) is 10.1 Å². The summed E-state index contributed by atoms with van der Waals surface area (Å²) in [4.78, 5) is 23.9. The first-order valence-corrected chi connectivity index (χ1v) is 10.1. The van der Waals surface area contributed by atoms with Crippen molar-refractivity contribution < 1.29 is 19.8 Å². The van der Waals surface area contributed by atoms with Crippen LogP contribution >= 0.6 is 0 Å². The van der Waals surface area contributed by atoms with Crippen LogP contribution in [-0.4, -0.2) is 47.4 Å². The van der Waals surface area contributed by atoms with E-state index in [-0.39, 0.29) is 12.5 Å². The minimum absolute atomic E-state index is 0.0481. The largest absolute Gasteiger partial charge is 0.465 e. The van der Waals surface area contributed by atoms with E-state index < -0.39 is 24.3 Å². The second kappa shape index (κ2) is 11.9. The average Bonchev–Trinajstić information content (AvgIpc) is 2.73. The first-order chi connectivity index (χ1) is 14.4. The molecule has 0 heterocycles. The van der Waals surface area contributed by atoms with Crippen molar-refractivity contribution in [1.29, 1.82) is 0 Å². The molecule has 0 unspecified atom stereocenters. The van der Waals surface area contributed by atoms with Crippen LogP contribution in [-0.2, 0) is 11.2 Å². The van der Waals surface area contributed by atoms with E-state index in [2.05, 4.69) is 16.0 Å². The van der Waals surface area contributed by atoms with Crippen LogP contribution in [0.2, 0.25) is 0 Å². The van der Waals surface area contributed by atoms with Gasteiger partial charge in [0.2, 0.25) is 5.91 Å². The summed E-state index contributed by atoms with van der Waals surface area (Å²) >= 11 is 0. The van der Waals surface area contributed by atoms with E-state index in [9.17, 15) is 14.7 Å². The highest BCUT2D eigenvalue weighted by molar-refractivity contribution is 5.83. The molecule has 2 aromatic carbocycles. The fraction of sp³-hybridized carbons (Fsp3) is 0.391. The molecular weight excluding hydrogens is 382 g/mol. The lowest BCUT2D eigenvalue weighted by Crippen LogP contribution is -2.50. The second-order valence-corrected chi connectivity index (χ2v) is 7.70. The lowest BCUT2D eigenvalue weighted by molar-refractivity contribution is -0.123. The molecule has 7 nitrogen and oxygen atoms in total. The molecule has 0 bridgehead atoms. The van der Waals surface area contributed by atoms with Crippen molar-refractivity contribution in [2.75, 3.05) is 13.1 Å². The number of hydrogen-bond acceptors (Lipinski definition) is 4. The number of nitrogens with one attached hydrogen (secondary N) is 3. The van der Waals surface area contributed by atoms with E-state index >= 15 is 0 Å². The SMILES string of the molecule is CC(C)CNC(=O)[C@@H](NC[C@@H](O)[C@H](Cc1ccccc1)NC(=O)O)c1ccccc1. The van der Waals surface area contributed by atoms with Gasteiger partial charge in [-0.15, -0.1) is 0 Å². The molecule has 0 fully saturated rings. The highest BCUT2D eigenvalue weighted by atomic mass is 16.4. The number of carbonyl (C=O) groups is 2. The van der Waals surface area contributed by atoms with E-state index in [1.165, 1.54) is 0 Å². The van der Waals surface area contributed by atoms with Crippen molar-refractivity contribution in [3.05, 3.63) is 71.8 Å². The highest BCUT2D eigenvalue weighted by Crippen LogP contribution is 2.14. The molecule has 0 aromatic heterocycles. The Labute approximate surface area is 177 Å². The van der Waals surface area contributed by atoms with Gasteiger partial charge in [-0.05, 0) is 23.5 Å². The first-order valence-electron chi connectivity index (χ1n) is 10.1. The van der Waals surface area contributed by atoms with Crippen molar-refractivity contribution in [3.63, 3.8) is 0 Å². The van der Waals surface area contributed by atoms with Gasteiger partial charge in [0.05, 0.1) is 12.1 Å². The number of carboxylic acid groups (broad SMARTS) is 1. The fourth-order valence-electron chi connectivity index (χ4n) is 3.10. The molecule has 162 valence electrons. The molecule has 0 aliphatic heterocycles. The van der Waals surface area contributed by atoms with Crippen LogP contribution in [0.15, 0.2) is 60.7 Å². The maximum Gasteiger partial charge on any atom is 0.404 e. The monoisotopic (exact) mass is 413 g/mol. The standard InChI is InChI=1S/C23H31N3O4/c1-16(2)14-25-22(28)21(18-11-7-4-8-12-18)24-15-20(27)19(26-23(29)30)13-17-9-5-3-6-10-17/h3-12,16,19-21,24,26-27H,13-15H2,1-2H3,(H,25,28)(H,29,30)/t19-,20+,21-/m0/s1. The number of aliphatic hydroxyl groups excluding tert-OH is 1. The van der Waals surface area contributed by atoms with Gasteiger partial charge in [0.25, 0.3) is 0 Å². The van der Waals surface area contributed by atoms with Crippen LogP contribution in [0.1, 0.15) is 31.0 Å². The van der Waals surface area contributed by atoms with Crippen LogP contribution < -0.4 is 16.0 Å². The Morgan fingerprint density at radius 3 is 2.10 bits per heavy atom. The molecule has 2 aromatic rings. The third kappa shape index (κ3) is 7.85. The summed E-state index contributed by atoms with van der Waals surface area (Å²) in [7, 11) is 0. The van der Waals surface area contributed by atoms with Gasteiger partial charge in [0.1, 0.15) is 6.04 Å². The normalized spacial score (nSPS) is 14.0. The number of carbonyl (C=O) groups excluding carboxylic acids is 1. The Balaban J connectivity index is 2.08. The van der Waals surface area contributed by atoms with Gasteiger partial charge >= 0.3 is 6.09 Å². The van der Waals surface area contributed by atoms with E-state index in [1.54, 1.807) is 0 Å². The smallest absolute Gasteiger partial charge is 0.404 e. The molecular formula is C23H31N3O4. The van der Waals surface area contributed by atoms with Crippen molar-refractivity contribution in [1.82, 2.24) is 16.0 Å². The Morgan fingerprint density at radius 1 is 0.933 bits per heavy atom. The topological polar surface area (TPSA) is 111 Å². The summed E-state index contributed by atoms with van der Waals surface area (Å²) < 4.78 is 0. The Bertz CT molecular complexity index is 784. The molecule has 2 amide bonds. The van der Waals surface area contributed by atoms with Crippen molar-refractivity contribution in [2.45, 2.75) is 38.5 Å². The van der Waals surface area contributed by atoms with Gasteiger partial charge in [-0.1, -0.05) is 74.5 Å². The van der Waals surface area contributed by atoms with Crippen molar-refractivity contribution >= 4 is 12.0 Å². The highest BCUT2D eigenvalue weighted by Gasteiger charge is 2.25. The summed E-state index contributed by atoms with van der Waals surface area (Å²) in [5.74, 6) is 0.124. The zero-order valence-electron chi connectivity index (χ0n) is 17.4. The molecule has 2 rings (SSSR count). The predicted molar refractivity (Wildman–Crippen MR) is 116 cm³/mol. The molecule has 0 spiro atoms. The Hall–Kier alpha value is -2.90. The zero-order chi connectivity index (χ0) is 21.9. The second-order valence-electron chi connectivity index (χ2n) is 7.70. The number of rotatable bonds is 11. The summed E-state index contributed by atoms with van der Waals surface area (Å²) in [5.41, 5.74) is 1.68. The fourth-order valence-corrected chi connectivity index (χ4v) is 3.10. The maximum absolute atomic E-state index is 12.7. The van der Waals surface area contributed by atoms with Crippen LogP contribution in [0.5, 0.6) is 0 Å². The number of benzene rings is 2. The van der Waals surface area contributed by atoms with E-state index in [4.69, 9.17) is 5.11 Å². The van der Waals surface area contributed by atoms with Gasteiger partial charge in [-0.25, -0.2) is 4.79 Å². The minimum atomic E-state index is -1.20. The average molecular weight is 414 g/mol. The van der Waals surface area contributed by atoms with Crippen LogP contribution in [0.4, 0.5) is 4.79 Å². The third-order valence-electron chi connectivity index (χ3n) is 4.68. The van der Waals surface area contributed by atoms with E-state index in [1.807, 2.05) is 74.5 Å². The number of amides is 2. The van der Waals surface area contributed by atoms with Gasteiger partial charge in [-0.2, -0.15) is 0 Å². The number of hydrogen-bond donors (Lipinski definition) is 5. The molecule has 5 N–H and O–H groups in total. The molecule has 3 atom stereocenters. The predicted octanol–water partition coefficient (Wildman–Crippen LogP) is 2.33. The lowest BCUT2D eigenvalue weighted by atomic mass is 10.00. The van der Waals surface area contributed by atoms with Crippen LogP contribution in [0, 0.1) is 5.92 Å². The lowest BCUT2D eigenvalue weighted by Gasteiger charge is -2.26. The van der Waals surface area contributed by atoms with E-state index in [0.717, 1.165) is 11.1 Å². The van der Waals surface area contributed by atoms with Crippen LogP contribution in [0.3, 0.4) is 0 Å². The molecule has 7 heteroatoms. The Morgan fingerprint density at radius 2 is 1.53 bits per heavy atom. The van der Waals surface area contributed by atoms with Gasteiger partial charge in [0, 0.05) is 13.1 Å². The summed E-state index contributed by atoms with van der Waals surface area (Å²) in [6.45, 7) is 4.62. The van der Waals surface area contributed by atoms with Crippen LogP contribution in [0.25, 0.3) is 0 Å². The van der Waals surface area contributed by atoms with Crippen molar-refractivity contribution in [2.24, 2.45) is 5.92 Å². The first kappa shape index (κ1) is 23.4. The minimum Gasteiger partial charge on any atom is -0.465 e. The molecule has 0 aliphatic rings. The maximum atomic E-state index is 12.7. The Kier molecular flexibility index (Phi) is 9.31. The number of aliphatic hydroxyl groups is 1. The molecule has 30 heavy (non-hydrogen) atoms. The molecule has 0 saturated carbocycles. The summed E-state index contributed by atoms with van der Waals surface area (Å²) in [6.07, 6.45) is -1.89. The third-order valence-corrected chi connectivity index (χ3v) is 4.68. The van der Waals surface area contributed by atoms with Gasteiger partial charge < -0.3 is 20.8 Å². The summed E-state index contributed by atoms with van der Waals surface area (Å²) in [6, 6.07) is 17.2. The summed E-state index contributed by atoms with van der Waals surface area (Å²) in [5, 5.41) is 28.3.